The van der Waals surface area contributed by atoms with E-state index in [1.807, 2.05) is 6.92 Å². The van der Waals surface area contributed by atoms with Gasteiger partial charge in [0.25, 0.3) is 5.56 Å². The monoisotopic (exact) mass is 386 g/mol. The fourth-order valence-electron chi connectivity index (χ4n) is 2.94. The molecule has 2 aromatic heterocycles. The van der Waals surface area contributed by atoms with E-state index in [1.165, 1.54) is 24.9 Å². The van der Waals surface area contributed by atoms with Crippen molar-refractivity contribution in [2.24, 2.45) is 19.2 Å². The molecule has 0 radical (unpaired) electrons. The van der Waals surface area contributed by atoms with Crippen LogP contribution in [0.1, 0.15) is 18.9 Å². The third kappa shape index (κ3) is 3.13. The summed E-state index contributed by atoms with van der Waals surface area (Å²) in [7, 11) is 4.46. The topological polar surface area (TPSA) is 116 Å². The van der Waals surface area contributed by atoms with Crippen molar-refractivity contribution < 1.29 is 9.84 Å². The van der Waals surface area contributed by atoms with Gasteiger partial charge in [0.2, 0.25) is 5.95 Å². The minimum Gasteiger partial charge on any atom is -0.504 e. The number of aromatic hydroxyl groups is 1. The number of aryl methyl sites for hydroxylation is 2. The number of methoxy groups -OCH3 is 1. The molecule has 2 N–H and O–H groups in total. The van der Waals surface area contributed by atoms with Gasteiger partial charge >= 0.3 is 5.69 Å². The maximum absolute atomic E-state index is 12.6. The summed E-state index contributed by atoms with van der Waals surface area (Å²) in [6.07, 6.45) is 2.18. The fraction of sp³-hybridized carbons (Fsp3) is 0.333. The molecule has 0 spiro atoms. The summed E-state index contributed by atoms with van der Waals surface area (Å²) in [6.45, 7) is 2.49. The Morgan fingerprint density at radius 2 is 2.04 bits per heavy atom. The van der Waals surface area contributed by atoms with E-state index in [0.717, 1.165) is 11.0 Å². The molecule has 0 aliphatic heterocycles. The average molecular weight is 386 g/mol. The molecule has 3 aromatic rings. The fourth-order valence-corrected chi connectivity index (χ4v) is 2.94. The van der Waals surface area contributed by atoms with E-state index >= 15 is 0 Å². The number of nitrogens with zero attached hydrogens (tertiary/aromatic N) is 5. The van der Waals surface area contributed by atoms with E-state index in [0.29, 0.717) is 29.3 Å². The first-order valence-corrected chi connectivity index (χ1v) is 8.72. The summed E-state index contributed by atoms with van der Waals surface area (Å²) < 4.78 is 9.14. The number of hydrazone groups is 1. The Kier molecular flexibility index (Phi) is 5.21. The third-order valence-corrected chi connectivity index (χ3v) is 4.41. The van der Waals surface area contributed by atoms with E-state index in [2.05, 4.69) is 15.5 Å². The summed E-state index contributed by atoms with van der Waals surface area (Å²) in [4.78, 5) is 29.1. The van der Waals surface area contributed by atoms with Crippen LogP contribution in [0.5, 0.6) is 11.5 Å². The molecule has 0 unspecified atom stereocenters. The summed E-state index contributed by atoms with van der Waals surface area (Å²) in [5.41, 5.74) is 3.00. The summed E-state index contributed by atoms with van der Waals surface area (Å²) in [5, 5.41) is 14.2. The van der Waals surface area contributed by atoms with E-state index < -0.39 is 11.2 Å². The Morgan fingerprint density at radius 3 is 2.71 bits per heavy atom. The maximum atomic E-state index is 12.6. The van der Waals surface area contributed by atoms with Gasteiger partial charge in [-0.15, -0.1) is 0 Å². The summed E-state index contributed by atoms with van der Waals surface area (Å²) in [6, 6.07) is 5.04. The lowest BCUT2D eigenvalue weighted by molar-refractivity contribution is 0.373. The minimum absolute atomic E-state index is 0.0334. The van der Waals surface area contributed by atoms with Crippen molar-refractivity contribution >= 4 is 23.3 Å². The van der Waals surface area contributed by atoms with Crippen LogP contribution in [0.3, 0.4) is 0 Å². The van der Waals surface area contributed by atoms with Crippen molar-refractivity contribution in [3.8, 4) is 11.5 Å². The van der Waals surface area contributed by atoms with Crippen LogP contribution in [-0.4, -0.2) is 37.1 Å². The highest BCUT2D eigenvalue weighted by Gasteiger charge is 2.18. The number of phenols is 1. The zero-order chi connectivity index (χ0) is 20.4. The second-order valence-corrected chi connectivity index (χ2v) is 6.23. The van der Waals surface area contributed by atoms with E-state index in [4.69, 9.17) is 4.74 Å². The Bertz CT molecular complexity index is 1170. The lowest BCUT2D eigenvalue weighted by Crippen LogP contribution is -2.37. The van der Waals surface area contributed by atoms with Crippen LogP contribution < -0.4 is 21.4 Å². The quantitative estimate of drug-likeness (QED) is 0.482. The molecule has 0 bridgehead atoms. The Labute approximate surface area is 160 Å². The van der Waals surface area contributed by atoms with Crippen LogP contribution in [0.25, 0.3) is 11.2 Å². The maximum Gasteiger partial charge on any atom is 0.332 e. The standard InChI is InChI=1S/C18H22N6O4/c1-5-9-24-13-15(22(2)18(27)23(3)16(13)26)20-17(24)21-19-10-11-7-6-8-12(28-4)14(11)25/h6-8,10,25H,5,9H2,1-4H3,(H,20,21). The number of phenolic OH excluding ortho intramolecular Hbond substituents is 1. The van der Waals surface area contributed by atoms with Gasteiger partial charge in [0, 0.05) is 26.2 Å². The number of rotatable bonds is 6. The average Bonchev–Trinajstić information content (AvgIpc) is 3.05. The van der Waals surface area contributed by atoms with Crippen LogP contribution in [0.2, 0.25) is 0 Å². The van der Waals surface area contributed by atoms with Crippen molar-refractivity contribution in [2.75, 3.05) is 12.5 Å². The van der Waals surface area contributed by atoms with Crippen LogP contribution in [0.4, 0.5) is 5.95 Å². The van der Waals surface area contributed by atoms with Gasteiger partial charge in [0.15, 0.2) is 22.7 Å². The van der Waals surface area contributed by atoms with Crippen LogP contribution in [0, 0.1) is 0 Å². The highest BCUT2D eigenvalue weighted by Crippen LogP contribution is 2.28. The zero-order valence-corrected chi connectivity index (χ0v) is 16.1. The Hall–Kier alpha value is -3.56. The van der Waals surface area contributed by atoms with E-state index in [-0.39, 0.29) is 11.4 Å². The predicted molar refractivity (Wildman–Crippen MR) is 106 cm³/mol. The van der Waals surface area contributed by atoms with Crippen molar-refractivity contribution in [1.29, 1.82) is 0 Å². The van der Waals surface area contributed by atoms with Gasteiger partial charge in [-0.2, -0.15) is 10.1 Å². The normalized spacial score (nSPS) is 11.4. The molecule has 0 aliphatic rings. The zero-order valence-electron chi connectivity index (χ0n) is 16.1. The smallest absolute Gasteiger partial charge is 0.332 e. The number of nitrogens with one attached hydrogen (secondary N) is 1. The van der Waals surface area contributed by atoms with Crippen molar-refractivity contribution in [3.63, 3.8) is 0 Å². The van der Waals surface area contributed by atoms with Gasteiger partial charge in [-0.3, -0.25) is 13.9 Å². The molecular weight excluding hydrogens is 364 g/mol. The first kappa shape index (κ1) is 19.2. The third-order valence-electron chi connectivity index (χ3n) is 4.41. The van der Waals surface area contributed by atoms with Crippen molar-refractivity contribution in [2.45, 2.75) is 19.9 Å². The highest BCUT2D eigenvalue weighted by atomic mass is 16.5. The Balaban J connectivity index is 2.05. The number of imidazole rings is 1. The molecule has 0 aliphatic carbocycles. The first-order valence-electron chi connectivity index (χ1n) is 8.72. The number of anilines is 1. The number of para-hydroxylation sites is 1. The molecule has 2 heterocycles. The molecule has 10 heteroatoms. The summed E-state index contributed by atoms with van der Waals surface area (Å²) in [5.74, 6) is 0.628. The predicted octanol–water partition coefficient (Wildman–Crippen LogP) is 1.00. The molecule has 0 amide bonds. The number of aromatic nitrogens is 4. The van der Waals surface area contributed by atoms with Gasteiger partial charge in [-0.05, 0) is 18.6 Å². The SMILES string of the molecule is CCCn1c(NN=Cc2cccc(OC)c2O)nc2c1c(=O)n(C)c(=O)n2C. The van der Waals surface area contributed by atoms with Crippen LogP contribution >= 0.6 is 0 Å². The van der Waals surface area contributed by atoms with Gasteiger partial charge in [-0.25, -0.2) is 10.2 Å². The molecule has 0 saturated carbocycles. The summed E-state index contributed by atoms with van der Waals surface area (Å²) >= 11 is 0. The van der Waals surface area contributed by atoms with Gasteiger partial charge < -0.3 is 14.4 Å². The molecular formula is C18H22N6O4. The molecule has 148 valence electrons. The van der Waals surface area contributed by atoms with E-state index in [9.17, 15) is 14.7 Å². The van der Waals surface area contributed by atoms with Crippen molar-refractivity contribution in [3.05, 3.63) is 44.6 Å². The number of benzene rings is 1. The number of hydrogen-bond donors (Lipinski definition) is 2. The molecule has 0 saturated heterocycles. The largest absolute Gasteiger partial charge is 0.504 e. The van der Waals surface area contributed by atoms with Gasteiger partial charge in [0.1, 0.15) is 0 Å². The van der Waals surface area contributed by atoms with Crippen LogP contribution in [0.15, 0.2) is 32.9 Å². The highest BCUT2D eigenvalue weighted by molar-refractivity contribution is 5.85. The first-order chi connectivity index (χ1) is 13.4. The number of hydrogen-bond acceptors (Lipinski definition) is 7. The second kappa shape index (κ2) is 7.59. The Morgan fingerprint density at radius 1 is 1.29 bits per heavy atom. The molecule has 0 atom stereocenters. The molecule has 1 aromatic carbocycles. The second-order valence-electron chi connectivity index (χ2n) is 6.23. The molecule has 28 heavy (non-hydrogen) atoms. The number of ether oxygens (including phenoxy) is 1. The lowest BCUT2D eigenvalue weighted by atomic mass is 10.2. The van der Waals surface area contributed by atoms with Crippen LogP contribution in [-0.2, 0) is 20.6 Å². The van der Waals surface area contributed by atoms with Crippen molar-refractivity contribution in [1.82, 2.24) is 18.7 Å². The van der Waals surface area contributed by atoms with Gasteiger partial charge in [0.05, 0.1) is 13.3 Å². The van der Waals surface area contributed by atoms with E-state index in [1.54, 1.807) is 29.8 Å². The lowest BCUT2D eigenvalue weighted by Gasteiger charge is -2.07. The van der Waals surface area contributed by atoms with Gasteiger partial charge in [-0.1, -0.05) is 13.0 Å². The molecule has 10 nitrogen and oxygen atoms in total. The number of fused-ring (bicyclic) bond motifs is 1. The minimum atomic E-state index is -0.449. The molecule has 3 rings (SSSR count). The molecule has 0 fully saturated rings.